The Labute approximate surface area is 160 Å². The predicted octanol–water partition coefficient (Wildman–Crippen LogP) is 3.21. The van der Waals surface area contributed by atoms with Gasteiger partial charge in [-0.1, -0.05) is 41.9 Å². The molecule has 1 fully saturated rings. The third kappa shape index (κ3) is 5.71. The average Bonchev–Trinajstić information content (AvgIpc) is 2.64. The minimum absolute atomic E-state index is 0.329. The largest absolute Gasteiger partial charge is 0.491 e. The molecule has 1 N–H and O–H groups in total. The van der Waals surface area contributed by atoms with Crippen LogP contribution in [0.2, 0.25) is 5.02 Å². The second-order valence-corrected chi connectivity index (χ2v) is 7.37. The van der Waals surface area contributed by atoms with Crippen molar-refractivity contribution in [2.45, 2.75) is 19.6 Å². The van der Waals surface area contributed by atoms with Crippen LogP contribution >= 0.6 is 11.6 Å². The Bertz CT molecular complexity index is 685. The van der Waals surface area contributed by atoms with Crippen molar-refractivity contribution in [2.24, 2.45) is 0 Å². The number of hydrogen-bond donors (Lipinski definition) is 1. The third-order valence-corrected chi connectivity index (χ3v) is 5.03. The molecule has 1 aliphatic heterocycles. The van der Waals surface area contributed by atoms with E-state index in [1.165, 1.54) is 5.56 Å². The van der Waals surface area contributed by atoms with E-state index in [1.54, 1.807) is 0 Å². The highest BCUT2D eigenvalue weighted by molar-refractivity contribution is 6.30. The van der Waals surface area contributed by atoms with Crippen LogP contribution in [0.25, 0.3) is 0 Å². The summed E-state index contributed by atoms with van der Waals surface area (Å²) in [7, 11) is 0. The predicted molar refractivity (Wildman–Crippen MR) is 106 cm³/mol. The quantitative estimate of drug-likeness (QED) is 0.807. The van der Waals surface area contributed by atoms with Crippen LogP contribution in [0.1, 0.15) is 11.1 Å². The van der Waals surface area contributed by atoms with Crippen LogP contribution in [0, 0.1) is 6.92 Å². The minimum atomic E-state index is -0.475. The number of benzene rings is 2. The topological polar surface area (TPSA) is 35.9 Å². The Hall–Kier alpha value is -1.59. The maximum Gasteiger partial charge on any atom is 0.122 e. The number of ether oxygens (including phenoxy) is 1. The van der Waals surface area contributed by atoms with Gasteiger partial charge in [-0.3, -0.25) is 9.80 Å². The van der Waals surface area contributed by atoms with Crippen molar-refractivity contribution in [1.82, 2.24) is 9.80 Å². The lowest BCUT2D eigenvalue weighted by Crippen LogP contribution is -2.48. The maximum atomic E-state index is 10.3. The number of aryl methyl sites for hydroxylation is 1. The Balaban J connectivity index is 1.38. The van der Waals surface area contributed by atoms with Crippen molar-refractivity contribution in [1.29, 1.82) is 0 Å². The molecular weight excluding hydrogens is 348 g/mol. The van der Waals surface area contributed by atoms with Gasteiger partial charge in [0.15, 0.2) is 0 Å². The van der Waals surface area contributed by atoms with Crippen molar-refractivity contribution in [3.8, 4) is 5.75 Å². The standard InChI is InChI=1S/C21H27ClN2O2/c1-17-4-2-3-5-21(17)26-16-20(25)15-24-12-10-23(11-13-24)14-18-6-8-19(22)9-7-18/h2-9,20,25H,10-16H2,1H3. The molecule has 0 amide bonds. The number of hydrogen-bond acceptors (Lipinski definition) is 4. The summed E-state index contributed by atoms with van der Waals surface area (Å²) in [5.74, 6) is 0.847. The number of nitrogens with zero attached hydrogens (tertiary/aromatic N) is 2. The van der Waals surface area contributed by atoms with Crippen LogP contribution in [-0.2, 0) is 6.54 Å². The summed E-state index contributed by atoms with van der Waals surface area (Å²) >= 11 is 5.94. The van der Waals surface area contributed by atoms with E-state index in [9.17, 15) is 5.11 Å². The van der Waals surface area contributed by atoms with Gasteiger partial charge in [-0.25, -0.2) is 0 Å². The maximum absolute atomic E-state index is 10.3. The fraction of sp³-hybridized carbons (Fsp3) is 0.429. The lowest BCUT2D eigenvalue weighted by molar-refractivity contribution is 0.0445. The van der Waals surface area contributed by atoms with E-state index in [0.717, 1.165) is 49.1 Å². The summed E-state index contributed by atoms with van der Waals surface area (Å²) in [6.07, 6.45) is -0.475. The molecule has 26 heavy (non-hydrogen) atoms. The van der Waals surface area contributed by atoms with Crippen LogP contribution in [-0.4, -0.2) is 60.3 Å². The van der Waals surface area contributed by atoms with Gasteiger partial charge >= 0.3 is 0 Å². The summed E-state index contributed by atoms with van der Waals surface area (Å²) in [6.45, 7) is 7.90. The van der Waals surface area contributed by atoms with Gasteiger partial charge in [0.25, 0.3) is 0 Å². The van der Waals surface area contributed by atoms with Crippen molar-refractivity contribution >= 4 is 11.6 Å². The first-order valence-electron chi connectivity index (χ1n) is 9.16. The fourth-order valence-electron chi connectivity index (χ4n) is 3.23. The van der Waals surface area contributed by atoms with Crippen LogP contribution in [0.4, 0.5) is 0 Å². The molecular formula is C21H27ClN2O2. The molecule has 0 bridgehead atoms. The molecule has 0 aromatic heterocycles. The molecule has 1 aliphatic rings. The lowest BCUT2D eigenvalue weighted by Gasteiger charge is -2.35. The van der Waals surface area contributed by atoms with E-state index >= 15 is 0 Å². The molecule has 0 saturated carbocycles. The summed E-state index contributed by atoms with van der Waals surface area (Å²) < 4.78 is 5.75. The van der Waals surface area contributed by atoms with E-state index in [-0.39, 0.29) is 0 Å². The van der Waals surface area contributed by atoms with Gasteiger partial charge in [-0.05, 0) is 36.2 Å². The fourth-order valence-corrected chi connectivity index (χ4v) is 3.36. The molecule has 0 radical (unpaired) electrons. The SMILES string of the molecule is Cc1ccccc1OCC(O)CN1CCN(Cc2ccc(Cl)cc2)CC1. The summed E-state index contributed by atoms with van der Waals surface area (Å²) in [6, 6.07) is 16.0. The first-order chi connectivity index (χ1) is 12.6. The van der Waals surface area contributed by atoms with Crippen molar-refractivity contribution in [3.05, 3.63) is 64.7 Å². The molecule has 0 aliphatic carbocycles. The highest BCUT2D eigenvalue weighted by Crippen LogP contribution is 2.17. The van der Waals surface area contributed by atoms with Crippen molar-refractivity contribution in [3.63, 3.8) is 0 Å². The number of halogens is 1. The normalized spacial score (nSPS) is 17.2. The monoisotopic (exact) mass is 374 g/mol. The van der Waals surface area contributed by atoms with E-state index in [4.69, 9.17) is 16.3 Å². The van der Waals surface area contributed by atoms with Gasteiger partial charge in [-0.2, -0.15) is 0 Å². The number of piperazine rings is 1. The van der Waals surface area contributed by atoms with Gasteiger partial charge in [0.2, 0.25) is 0 Å². The van der Waals surface area contributed by atoms with Crippen molar-refractivity contribution < 1.29 is 9.84 Å². The van der Waals surface area contributed by atoms with E-state index in [1.807, 2.05) is 43.3 Å². The molecule has 1 atom stereocenters. The van der Waals surface area contributed by atoms with Crippen LogP contribution in [0.15, 0.2) is 48.5 Å². The first-order valence-corrected chi connectivity index (χ1v) is 9.53. The molecule has 0 spiro atoms. The Morgan fingerprint density at radius 2 is 1.65 bits per heavy atom. The first kappa shape index (κ1) is 19.2. The van der Waals surface area contributed by atoms with Crippen LogP contribution < -0.4 is 4.74 Å². The van der Waals surface area contributed by atoms with E-state index in [2.05, 4.69) is 21.9 Å². The lowest BCUT2D eigenvalue weighted by atomic mass is 10.2. The number of rotatable bonds is 7. The Kier molecular flexibility index (Phi) is 6.92. The third-order valence-electron chi connectivity index (χ3n) is 4.78. The van der Waals surface area contributed by atoms with Gasteiger partial charge in [0.05, 0.1) is 0 Å². The second-order valence-electron chi connectivity index (χ2n) is 6.93. The summed E-state index contributed by atoms with van der Waals surface area (Å²) in [5, 5.41) is 11.1. The number of aliphatic hydroxyl groups excluding tert-OH is 1. The Morgan fingerprint density at radius 3 is 2.35 bits per heavy atom. The molecule has 1 saturated heterocycles. The van der Waals surface area contributed by atoms with Crippen LogP contribution in [0.5, 0.6) is 5.75 Å². The van der Waals surface area contributed by atoms with E-state index < -0.39 is 6.10 Å². The van der Waals surface area contributed by atoms with Gasteiger partial charge in [0, 0.05) is 44.3 Å². The highest BCUT2D eigenvalue weighted by atomic mass is 35.5. The zero-order valence-electron chi connectivity index (χ0n) is 15.3. The molecule has 3 rings (SSSR count). The number of aliphatic hydroxyl groups is 1. The molecule has 140 valence electrons. The molecule has 5 heteroatoms. The number of para-hydroxylation sites is 1. The van der Waals surface area contributed by atoms with E-state index in [0.29, 0.717) is 13.2 Å². The molecule has 4 nitrogen and oxygen atoms in total. The smallest absolute Gasteiger partial charge is 0.122 e. The zero-order chi connectivity index (χ0) is 18.4. The van der Waals surface area contributed by atoms with Gasteiger partial charge < -0.3 is 9.84 Å². The van der Waals surface area contributed by atoms with Crippen LogP contribution in [0.3, 0.4) is 0 Å². The zero-order valence-corrected chi connectivity index (χ0v) is 16.0. The molecule has 1 heterocycles. The summed E-state index contributed by atoms with van der Waals surface area (Å²) in [5.41, 5.74) is 2.38. The molecule has 2 aromatic carbocycles. The van der Waals surface area contributed by atoms with Crippen molar-refractivity contribution in [2.75, 3.05) is 39.3 Å². The second kappa shape index (κ2) is 9.38. The Morgan fingerprint density at radius 1 is 1.00 bits per heavy atom. The molecule has 2 aromatic rings. The average molecular weight is 375 g/mol. The number of β-amino-alcohol motifs (C(OH)–C–C–N with tert-alkyl or cyclic N) is 1. The van der Waals surface area contributed by atoms with Gasteiger partial charge in [-0.15, -0.1) is 0 Å². The molecule has 1 unspecified atom stereocenters. The summed E-state index contributed by atoms with van der Waals surface area (Å²) in [4.78, 5) is 4.75. The van der Waals surface area contributed by atoms with Gasteiger partial charge in [0.1, 0.15) is 18.5 Å². The minimum Gasteiger partial charge on any atom is -0.491 e. The highest BCUT2D eigenvalue weighted by Gasteiger charge is 2.19.